The third kappa shape index (κ3) is 7.95. The third-order valence-electron chi connectivity index (χ3n) is 7.64. The lowest BCUT2D eigenvalue weighted by molar-refractivity contribution is -0.191. The monoisotopic (exact) mass is 595 g/mol. The number of aryl methyl sites for hydroxylation is 1. The average Bonchev–Trinajstić information content (AvgIpc) is 3.03. The molecule has 0 spiro atoms. The average molecular weight is 596 g/mol. The van der Waals surface area contributed by atoms with Crippen molar-refractivity contribution in [1.82, 2.24) is 20.7 Å². The van der Waals surface area contributed by atoms with E-state index in [1.54, 1.807) is 12.2 Å². The fourth-order valence-electron chi connectivity index (χ4n) is 5.07. The number of hydrogen-bond donors (Lipinski definition) is 3. The third-order valence-corrected chi connectivity index (χ3v) is 7.64. The first-order valence-electron chi connectivity index (χ1n) is 14.8. The first kappa shape index (κ1) is 32.1. The molecule has 3 amide bonds. The van der Waals surface area contributed by atoms with Crippen molar-refractivity contribution in [2.45, 2.75) is 71.1 Å². The lowest BCUT2D eigenvalue weighted by Gasteiger charge is -2.35. The molecule has 0 aliphatic carbocycles. The molecule has 0 radical (unpaired) electrons. The zero-order valence-corrected chi connectivity index (χ0v) is 25.0. The maximum absolute atomic E-state index is 13.6. The fourth-order valence-corrected chi connectivity index (χ4v) is 5.07. The van der Waals surface area contributed by atoms with E-state index in [2.05, 4.69) is 15.7 Å². The summed E-state index contributed by atoms with van der Waals surface area (Å²) in [4.78, 5) is 56.1. The largest absolute Gasteiger partial charge is 0.451 e. The van der Waals surface area contributed by atoms with Crippen molar-refractivity contribution >= 4 is 40.7 Å². The highest BCUT2D eigenvalue weighted by Crippen LogP contribution is 2.29. The highest BCUT2D eigenvalue weighted by atomic mass is 16.7. The number of pyridine rings is 1. The maximum atomic E-state index is 13.6. The van der Waals surface area contributed by atoms with Crippen LogP contribution in [-0.2, 0) is 39.8 Å². The zero-order chi connectivity index (χ0) is 31.0. The summed E-state index contributed by atoms with van der Waals surface area (Å²) >= 11 is 0. The van der Waals surface area contributed by atoms with Crippen LogP contribution in [0.15, 0.2) is 36.4 Å². The summed E-state index contributed by atoms with van der Waals surface area (Å²) < 4.78 is 16.8. The summed E-state index contributed by atoms with van der Waals surface area (Å²) in [5.41, 5.74) is 9.60. The Bertz CT molecular complexity index is 1360. The van der Waals surface area contributed by atoms with Gasteiger partial charge in [0.1, 0.15) is 24.3 Å². The molecule has 4 N–H and O–H groups in total. The maximum Gasteiger partial charge on any atom is 0.321 e. The Morgan fingerprint density at radius 3 is 2.65 bits per heavy atom. The molecule has 0 bridgehead atoms. The summed E-state index contributed by atoms with van der Waals surface area (Å²) in [6.07, 6.45) is 5.12. The first-order chi connectivity index (χ1) is 20.7. The van der Waals surface area contributed by atoms with Crippen LogP contribution < -0.4 is 16.5 Å². The van der Waals surface area contributed by atoms with E-state index in [9.17, 15) is 19.2 Å². The molecule has 2 fully saturated rings. The van der Waals surface area contributed by atoms with Crippen molar-refractivity contribution in [2.75, 3.05) is 26.6 Å². The number of hydrazine groups is 1. The number of fused-ring (bicyclic) bond motifs is 1. The Balaban J connectivity index is 1.46. The van der Waals surface area contributed by atoms with E-state index in [1.807, 2.05) is 44.2 Å². The van der Waals surface area contributed by atoms with Crippen LogP contribution in [0.4, 0.5) is 0 Å². The Morgan fingerprint density at radius 1 is 1.21 bits per heavy atom. The van der Waals surface area contributed by atoms with Crippen LogP contribution in [0.2, 0.25) is 0 Å². The van der Waals surface area contributed by atoms with E-state index in [1.165, 1.54) is 11.9 Å². The van der Waals surface area contributed by atoms with Gasteiger partial charge in [-0.2, -0.15) is 0 Å². The van der Waals surface area contributed by atoms with Gasteiger partial charge >= 0.3 is 5.97 Å². The van der Waals surface area contributed by atoms with Crippen molar-refractivity contribution in [3.63, 3.8) is 0 Å². The molecule has 1 aromatic heterocycles. The summed E-state index contributed by atoms with van der Waals surface area (Å²) in [5.74, 6) is -2.23. The lowest BCUT2D eigenvalue weighted by Crippen LogP contribution is -2.60. The Labute approximate surface area is 251 Å². The summed E-state index contributed by atoms with van der Waals surface area (Å²) in [7, 11) is 0. The number of nitrogens with one attached hydrogen (secondary N) is 2. The SMILES string of the molecule is CCCC(OC(=O)C1(/C=C/c2ccc3ccc(CC)nc3c2)COCOC1)C(=O)NC(C)C(=O)N1CCCC(C(N)=O)N1. The zero-order valence-electron chi connectivity index (χ0n) is 25.0. The van der Waals surface area contributed by atoms with Crippen LogP contribution in [0.3, 0.4) is 0 Å². The number of carbonyl (C=O) groups is 4. The second kappa shape index (κ2) is 14.5. The minimum Gasteiger partial charge on any atom is -0.451 e. The van der Waals surface area contributed by atoms with Crippen LogP contribution in [0.5, 0.6) is 0 Å². The second-order valence-corrected chi connectivity index (χ2v) is 11.0. The molecule has 2 aromatic rings. The number of benzene rings is 1. The number of aromatic nitrogens is 1. The molecule has 12 heteroatoms. The molecule has 3 heterocycles. The number of nitrogens with zero attached hydrogens (tertiary/aromatic N) is 2. The number of carbonyl (C=O) groups excluding carboxylic acids is 4. The number of amides is 3. The molecule has 3 unspecified atom stereocenters. The Hall–Kier alpha value is -3.87. The van der Waals surface area contributed by atoms with E-state index in [0.717, 1.165) is 28.6 Å². The van der Waals surface area contributed by atoms with Crippen LogP contribution >= 0.6 is 0 Å². The van der Waals surface area contributed by atoms with Gasteiger partial charge in [0, 0.05) is 17.6 Å². The molecule has 232 valence electrons. The lowest BCUT2D eigenvalue weighted by atomic mass is 9.88. The fraction of sp³-hybridized carbons (Fsp3) is 0.516. The first-order valence-corrected chi connectivity index (χ1v) is 14.8. The van der Waals surface area contributed by atoms with Crippen LogP contribution in [0.1, 0.15) is 57.7 Å². The minimum atomic E-state index is -1.28. The molecular formula is C31H41N5O7. The van der Waals surface area contributed by atoms with Gasteiger partial charge in [0.05, 0.1) is 18.7 Å². The highest BCUT2D eigenvalue weighted by Gasteiger charge is 2.43. The predicted octanol–water partition coefficient (Wildman–Crippen LogP) is 2.00. The molecule has 2 aliphatic heterocycles. The number of hydrogen-bond acceptors (Lipinski definition) is 9. The number of rotatable bonds is 11. The minimum absolute atomic E-state index is 0.0190. The van der Waals surface area contributed by atoms with E-state index >= 15 is 0 Å². The van der Waals surface area contributed by atoms with Crippen LogP contribution in [0, 0.1) is 5.41 Å². The van der Waals surface area contributed by atoms with Crippen molar-refractivity contribution in [1.29, 1.82) is 0 Å². The number of ether oxygens (including phenoxy) is 3. The van der Waals surface area contributed by atoms with Crippen LogP contribution in [0.25, 0.3) is 17.0 Å². The molecule has 4 rings (SSSR count). The van der Waals surface area contributed by atoms with Gasteiger partial charge in [-0.3, -0.25) is 29.2 Å². The van der Waals surface area contributed by atoms with E-state index in [4.69, 9.17) is 19.9 Å². The number of primary amides is 1. The molecule has 2 aliphatic rings. The van der Waals surface area contributed by atoms with Gasteiger partial charge in [-0.05, 0) is 50.3 Å². The topological polar surface area (TPSA) is 162 Å². The van der Waals surface area contributed by atoms with Crippen molar-refractivity contribution in [3.05, 3.63) is 47.7 Å². The second-order valence-electron chi connectivity index (χ2n) is 11.0. The Kier molecular flexibility index (Phi) is 10.8. The van der Waals surface area contributed by atoms with Gasteiger partial charge in [0.25, 0.3) is 11.8 Å². The smallest absolute Gasteiger partial charge is 0.321 e. The normalized spacial score (nSPS) is 20.0. The molecule has 2 saturated heterocycles. The number of nitrogens with two attached hydrogens (primary N) is 1. The van der Waals surface area contributed by atoms with Crippen molar-refractivity contribution in [2.24, 2.45) is 11.1 Å². The molecule has 3 atom stereocenters. The van der Waals surface area contributed by atoms with Gasteiger partial charge in [-0.1, -0.05) is 50.6 Å². The summed E-state index contributed by atoms with van der Waals surface area (Å²) in [6.45, 7) is 5.91. The van der Waals surface area contributed by atoms with E-state index < -0.39 is 47.3 Å². The van der Waals surface area contributed by atoms with E-state index in [-0.39, 0.29) is 26.4 Å². The molecule has 1 aromatic carbocycles. The van der Waals surface area contributed by atoms with Crippen molar-refractivity contribution < 1.29 is 33.4 Å². The van der Waals surface area contributed by atoms with Gasteiger partial charge in [0.2, 0.25) is 5.91 Å². The summed E-state index contributed by atoms with van der Waals surface area (Å²) in [5, 5.41) is 4.97. The quantitative estimate of drug-likeness (QED) is 0.330. The molecule has 43 heavy (non-hydrogen) atoms. The summed E-state index contributed by atoms with van der Waals surface area (Å²) in [6, 6.07) is 8.30. The number of esters is 1. The Morgan fingerprint density at radius 2 is 1.95 bits per heavy atom. The van der Waals surface area contributed by atoms with Gasteiger partial charge in [-0.15, -0.1) is 0 Å². The van der Waals surface area contributed by atoms with Crippen molar-refractivity contribution in [3.8, 4) is 0 Å². The molecular weight excluding hydrogens is 554 g/mol. The molecule has 12 nitrogen and oxygen atoms in total. The van der Waals surface area contributed by atoms with E-state index in [0.29, 0.717) is 25.8 Å². The van der Waals surface area contributed by atoms with Crippen LogP contribution in [-0.4, -0.2) is 78.4 Å². The van der Waals surface area contributed by atoms with Gasteiger partial charge < -0.3 is 25.3 Å². The van der Waals surface area contributed by atoms with Gasteiger partial charge in [0.15, 0.2) is 6.10 Å². The molecule has 0 saturated carbocycles. The predicted molar refractivity (Wildman–Crippen MR) is 159 cm³/mol. The standard InChI is InChI=1S/C31H41N5O7/c1-4-7-26(28(38)33-20(3)29(39)36-15-6-8-24(35-36)27(32)37)43-30(40)31(17-41-19-42-18-31)14-13-21-9-10-22-11-12-23(5-2)34-25(22)16-21/h9-14,16,20,24,26,35H,4-8,15,17-19H2,1-3H3,(H2,32,37)(H,33,38)/b14-13+. The highest BCUT2D eigenvalue weighted by molar-refractivity contribution is 5.91. The van der Waals surface area contributed by atoms with Gasteiger partial charge in [-0.25, -0.2) is 5.43 Å².